The molecular weight excluding hydrogens is 358 g/mol. The van der Waals surface area contributed by atoms with Gasteiger partial charge in [0, 0.05) is 35.3 Å². The monoisotopic (exact) mass is 379 g/mol. The van der Waals surface area contributed by atoms with Gasteiger partial charge in [-0.25, -0.2) is 4.68 Å². The Hall–Kier alpha value is -2.57. The number of carbonyl (C=O) groups excluding carboxylic acids is 1. The van der Waals surface area contributed by atoms with Gasteiger partial charge in [0.25, 0.3) is 5.91 Å². The SMILES string of the molecule is O=C(Nc1cccc(-n2cccn2)c1)c1ccccc1SCC1CCCO1. The van der Waals surface area contributed by atoms with E-state index in [-0.39, 0.29) is 12.0 Å². The fraction of sp³-hybridized carbons (Fsp3) is 0.238. The van der Waals surface area contributed by atoms with Crippen molar-refractivity contribution in [3.8, 4) is 5.69 Å². The molecule has 1 aromatic heterocycles. The van der Waals surface area contributed by atoms with Crippen LogP contribution in [0.3, 0.4) is 0 Å². The molecule has 138 valence electrons. The third-order valence-corrected chi connectivity index (χ3v) is 5.66. The van der Waals surface area contributed by atoms with E-state index >= 15 is 0 Å². The standard InChI is InChI=1S/C21H21N3O2S/c25-21(23-16-6-3-7-17(14-16)24-12-5-11-22-24)19-9-1-2-10-20(19)27-15-18-8-4-13-26-18/h1-3,5-7,9-12,14,18H,4,8,13,15H2,(H,23,25). The molecule has 1 atom stereocenters. The maximum Gasteiger partial charge on any atom is 0.256 e. The molecule has 1 saturated heterocycles. The van der Waals surface area contributed by atoms with Gasteiger partial charge < -0.3 is 10.1 Å². The molecular formula is C21H21N3O2S. The van der Waals surface area contributed by atoms with Crippen molar-refractivity contribution in [2.24, 2.45) is 0 Å². The lowest BCUT2D eigenvalue weighted by molar-refractivity contribution is 0.102. The van der Waals surface area contributed by atoms with Crippen LogP contribution in [0, 0.1) is 0 Å². The van der Waals surface area contributed by atoms with Crippen LogP contribution in [0.25, 0.3) is 5.69 Å². The Bertz CT molecular complexity index is 905. The number of nitrogens with zero attached hydrogens (tertiary/aromatic N) is 2. The fourth-order valence-electron chi connectivity index (χ4n) is 3.08. The zero-order valence-electron chi connectivity index (χ0n) is 14.9. The highest BCUT2D eigenvalue weighted by Crippen LogP contribution is 2.27. The Morgan fingerprint density at radius 3 is 2.96 bits per heavy atom. The van der Waals surface area contributed by atoms with Crippen molar-refractivity contribution >= 4 is 23.4 Å². The van der Waals surface area contributed by atoms with Crippen LogP contribution in [-0.4, -0.2) is 34.2 Å². The molecule has 2 heterocycles. The number of ether oxygens (including phenoxy) is 1. The highest BCUT2D eigenvalue weighted by atomic mass is 32.2. The summed E-state index contributed by atoms with van der Waals surface area (Å²) in [7, 11) is 0. The van der Waals surface area contributed by atoms with Crippen LogP contribution in [0.5, 0.6) is 0 Å². The van der Waals surface area contributed by atoms with E-state index in [0.29, 0.717) is 5.56 Å². The van der Waals surface area contributed by atoms with Crippen molar-refractivity contribution < 1.29 is 9.53 Å². The quantitative estimate of drug-likeness (QED) is 0.645. The van der Waals surface area contributed by atoms with E-state index in [1.54, 1.807) is 22.6 Å². The predicted octanol–water partition coefficient (Wildman–Crippen LogP) is 4.40. The molecule has 1 fully saturated rings. The minimum absolute atomic E-state index is 0.108. The number of hydrogen-bond donors (Lipinski definition) is 1. The zero-order valence-corrected chi connectivity index (χ0v) is 15.7. The molecule has 0 aliphatic carbocycles. The zero-order chi connectivity index (χ0) is 18.5. The van der Waals surface area contributed by atoms with Gasteiger partial charge in [0.2, 0.25) is 0 Å². The minimum Gasteiger partial charge on any atom is -0.377 e. The number of anilines is 1. The molecule has 4 rings (SSSR count). The summed E-state index contributed by atoms with van der Waals surface area (Å²) in [5.74, 6) is 0.766. The highest BCUT2D eigenvalue weighted by Gasteiger charge is 2.18. The van der Waals surface area contributed by atoms with Gasteiger partial charge in [-0.05, 0) is 49.2 Å². The van der Waals surface area contributed by atoms with Crippen LogP contribution in [0.15, 0.2) is 71.9 Å². The summed E-state index contributed by atoms with van der Waals surface area (Å²) in [6.45, 7) is 0.847. The lowest BCUT2D eigenvalue weighted by Crippen LogP contribution is -2.14. The van der Waals surface area contributed by atoms with Crippen LogP contribution >= 0.6 is 11.8 Å². The molecule has 5 nitrogen and oxygen atoms in total. The lowest BCUT2D eigenvalue weighted by atomic mass is 10.2. The Balaban J connectivity index is 1.47. The highest BCUT2D eigenvalue weighted by molar-refractivity contribution is 7.99. The third kappa shape index (κ3) is 4.40. The van der Waals surface area contributed by atoms with Gasteiger partial charge >= 0.3 is 0 Å². The fourth-order valence-corrected chi connectivity index (χ4v) is 4.20. The van der Waals surface area contributed by atoms with Crippen molar-refractivity contribution in [1.29, 1.82) is 0 Å². The second-order valence-corrected chi connectivity index (χ2v) is 7.46. The van der Waals surface area contributed by atoms with E-state index in [1.807, 2.05) is 60.8 Å². The minimum atomic E-state index is -0.108. The average molecular weight is 379 g/mol. The Kier molecular flexibility index (Phi) is 5.55. The first-order valence-corrected chi connectivity index (χ1v) is 10.0. The van der Waals surface area contributed by atoms with Gasteiger partial charge in [-0.1, -0.05) is 18.2 Å². The summed E-state index contributed by atoms with van der Waals surface area (Å²) in [6, 6.07) is 17.2. The van der Waals surface area contributed by atoms with E-state index in [2.05, 4.69) is 10.4 Å². The molecule has 0 bridgehead atoms. The molecule has 1 aliphatic rings. The Labute approximate surface area is 162 Å². The van der Waals surface area contributed by atoms with Crippen molar-refractivity contribution in [2.45, 2.75) is 23.8 Å². The number of aromatic nitrogens is 2. The molecule has 0 saturated carbocycles. The lowest BCUT2D eigenvalue weighted by Gasteiger charge is -2.13. The van der Waals surface area contributed by atoms with Crippen molar-refractivity contribution in [3.05, 3.63) is 72.6 Å². The molecule has 2 aromatic carbocycles. The summed E-state index contributed by atoms with van der Waals surface area (Å²) in [4.78, 5) is 13.8. The van der Waals surface area contributed by atoms with Crippen LogP contribution in [0.4, 0.5) is 5.69 Å². The van der Waals surface area contributed by atoms with E-state index < -0.39 is 0 Å². The molecule has 1 unspecified atom stereocenters. The molecule has 1 aliphatic heterocycles. The molecule has 0 spiro atoms. The normalized spacial score (nSPS) is 16.4. The molecule has 1 N–H and O–H groups in total. The molecule has 0 radical (unpaired) electrons. The largest absolute Gasteiger partial charge is 0.377 e. The first kappa shape index (κ1) is 17.8. The molecule has 6 heteroatoms. The number of thioether (sulfide) groups is 1. The topological polar surface area (TPSA) is 56.2 Å². The smallest absolute Gasteiger partial charge is 0.256 e. The number of carbonyl (C=O) groups is 1. The predicted molar refractivity (Wildman–Crippen MR) is 108 cm³/mol. The summed E-state index contributed by atoms with van der Waals surface area (Å²) < 4.78 is 7.45. The molecule has 3 aromatic rings. The van der Waals surface area contributed by atoms with Gasteiger partial charge in [0.15, 0.2) is 0 Å². The maximum absolute atomic E-state index is 12.9. The van der Waals surface area contributed by atoms with Gasteiger partial charge in [-0.15, -0.1) is 11.8 Å². The molecule has 1 amide bonds. The number of nitrogens with one attached hydrogen (secondary N) is 1. The number of amides is 1. The van der Waals surface area contributed by atoms with Gasteiger partial charge in [-0.3, -0.25) is 4.79 Å². The number of hydrogen-bond acceptors (Lipinski definition) is 4. The number of benzene rings is 2. The number of rotatable bonds is 6. The van der Waals surface area contributed by atoms with Gasteiger partial charge in [0.05, 0.1) is 17.4 Å². The second-order valence-electron chi connectivity index (χ2n) is 6.40. The first-order valence-electron chi connectivity index (χ1n) is 9.04. The second kappa shape index (κ2) is 8.41. The van der Waals surface area contributed by atoms with Crippen LogP contribution in [0.2, 0.25) is 0 Å². The van der Waals surface area contributed by atoms with Gasteiger partial charge in [-0.2, -0.15) is 5.10 Å². The Morgan fingerprint density at radius 1 is 1.22 bits per heavy atom. The van der Waals surface area contributed by atoms with Crippen LogP contribution in [0.1, 0.15) is 23.2 Å². The third-order valence-electron chi connectivity index (χ3n) is 4.45. The first-order chi connectivity index (χ1) is 13.3. The average Bonchev–Trinajstić information content (AvgIpc) is 3.41. The summed E-state index contributed by atoms with van der Waals surface area (Å²) >= 11 is 1.68. The summed E-state index contributed by atoms with van der Waals surface area (Å²) in [5, 5.41) is 7.23. The van der Waals surface area contributed by atoms with Gasteiger partial charge in [0.1, 0.15) is 0 Å². The van der Waals surface area contributed by atoms with Crippen molar-refractivity contribution in [2.75, 3.05) is 17.7 Å². The molecule has 27 heavy (non-hydrogen) atoms. The van der Waals surface area contributed by atoms with E-state index in [1.165, 1.54) is 0 Å². The maximum atomic E-state index is 12.9. The van der Waals surface area contributed by atoms with E-state index in [4.69, 9.17) is 4.74 Å². The Morgan fingerprint density at radius 2 is 2.15 bits per heavy atom. The summed E-state index contributed by atoms with van der Waals surface area (Å²) in [6.07, 6.45) is 6.11. The van der Waals surface area contributed by atoms with Crippen molar-refractivity contribution in [1.82, 2.24) is 9.78 Å². The van der Waals surface area contributed by atoms with Crippen LogP contribution < -0.4 is 5.32 Å². The van der Waals surface area contributed by atoms with E-state index in [9.17, 15) is 4.79 Å². The van der Waals surface area contributed by atoms with E-state index in [0.717, 1.165) is 41.5 Å². The van der Waals surface area contributed by atoms with Crippen molar-refractivity contribution in [3.63, 3.8) is 0 Å². The summed E-state index contributed by atoms with van der Waals surface area (Å²) in [5.41, 5.74) is 2.33. The van der Waals surface area contributed by atoms with Crippen LogP contribution in [-0.2, 0) is 4.74 Å².